The van der Waals surface area contributed by atoms with Crippen molar-refractivity contribution in [2.24, 2.45) is 0 Å². The molecule has 2 amide bonds. The van der Waals surface area contributed by atoms with Crippen molar-refractivity contribution in [2.75, 3.05) is 5.32 Å². The zero-order valence-corrected chi connectivity index (χ0v) is 18.8. The number of halogens is 1. The van der Waals surface area contributed by atoms with Crippen LogP contribution in [0.4, 0.5) is 11.4 Å². The molecule has 0 aromatic heterocycles. The summed E-state index contributed by atoms with van der Waals surface area (Å²) < 4.78 is 5.78. The summed E-state index contributed by atoms with van der Waals surface area (Å²) in [6.45, 7) is 4.08. The van der Waals surface area contributed by atoms with Crippen LogP contribution in [0.25, 0.3) is 0 Å². The molecule has 33 heavy (non-hydrogen) atoms. The van der Waals surface area contributed by atoms with Crippen LogP contribution in [-0.4, -0.2) is 22.8 Å². The molecule has 0 saturated heterocycles. The van der Waals surface area contributed by atoms with Crippen LogP contribution in [0.15, 0.2) is 66.7 Å². The Bertz CT molecular complexity index is 1200. The van der Waals surface area contributed by atoms with E-state index in [0.717, 1.165) is 11.6 Å². The van der Waals surface area contributed by atoms with Crippen molar-refractivity contribution < 1.29 is 19.2 Å². The summed E-state index contributed by atoms with van der Waals surface area (Å²) in [6, 6.07) is 17.5. The molecule has 2 N–H and O–H groups in total. The van der Waals surface area contributed by atoms with Crippen molar-refractivity contribution in [2.45, 2.75) is 26.5 Å². The third-order valence-corrected chi connectivity index (χ3v) is 4.92. The van der Waals surface area contributed by atoms with Crippen LogP contribution in [0.3, 0.4) is 0 Å². The van der Waals surface area contributed by atoms with Gasteiger partial charge in [0, 0.05) is 24.2 Å². The monoisotopic (exact) mass is 467 g/mol. The smallest absolute Gasteiger partial charge is 0.270 e. The van der Waals surface area contributed by atoms with E-state index in [1.165, 1.54) is 12.1 Å². The first-order valence-electron chi connectivity index (χ1n) is 10.1. The third-order valence-electron chi connectivity index (χ3n) is 4.60. The summed E-state index contributed by atoms with van der Waals surface area (Å²) in [5.41, 5.74) is 1.18. The number of hydrogen-bond donors (Lipinski definition) is 2. The van der Waals surface area contributed by atoms with Crippen molar-refractivity contribution in [1.29, 1.82) is 0 Å². The highest BCUT2D eigenvalue weighted by atomic mass is 35.5. The minimum atomic E-state index is -0.600. The molecule has 0 aliphatic heterocycles. The predicted molar refractivity (Wildman–Crippen MR) is 126 cm³/mol. The number of nitrogens with zero attached hydrogens (tertiary/aromatic N) is 1. The number of ether oxygens (including phenoxy) is 1. The van der Waals surface area contributed by atoms with Crippen molar-refractivity contribution in [1.82, 2.24) is 5.32 Å². The van der Waals surface area contributed by atoms with Gasteiger partial charge < -0.3 is 15.4 Å². The lowest BCUT2D eigenvalue weighted by Gasteiger charge is -2.15. The number of rotatable bonds is 8. The van der Waals surface area contributed by atoms with Crippen molar-refractivity contribution in [3.8, 4) is 5.75 Å². The maximum absolute atomic E-state index is 12.9. The summed E-state index contributed by atoms with van der Waals surface area (Å²) in [5, 5.41) is 16.3. The second-order valence-corrected chi connectivity index (χ2v) is 7.79. The van der Waals surface area contributed by atoms with Crippen LogP contribution in [-0.2, 0) is 6.54 Å². The fraction of sp³-hybridized carbons (Fsp3) is 0.167. The number of benzene rings is 3. The van der Waals surface area contributed by atoms with Gasteiger partial charge in [-0.15, -0.1) is 0 Å². The number of nitrogens with one attached hydrogen (secondary N) is 2. The quantitative estimate of drug-likeness (QED) is 0.348. The Morgan fingerprint density at radius 3 is 2.39 bits per heavy atom. The minimum absolute atomic E-state index is 0.0102. The summed E-state index contributed by atoms with van der Waals surface area (Å²) in [7, 11) is 0. The zero-order chi connectivity index (χ0) is 24.0. The molecule has 0 heterocycles. The molecule has 0 unspecified atom stereocenters. The lowest BCUT2D eigenvalue weighted by Crippen LogP contribution is -2.25. The molecule has 3 aromatic carbocycles. The zero-order valence-electron chi connectivity index (χ0n) is 18.0. The van der Waals surface area contributed by atoms with E-state index in [2.05, 4.69) is 10.6 Å². The van der Waals surface area contributed by atoms with Gasteiger partial charge in [0.15, 0.2) is 0 Å². The Hall–Kier alpha value is -3.91. The number of amides is 2. The first-order valence-corrected chi connectivity index (χ1v) is 10.5. The number of carbonyl (C=O) groups is 2. The summed E-state index contributed by atoms with van der Waals surface area (Å²) in [4.78, 5) is 35.9. The molecule has 8 nitrogen and oxygen atoms in total. The Labute approximate surface area is 195 Å². The summed E-state index contributed by atoms with van der Waals surface area (Å²) in [6.07, 6.45) is -0.0102. The number of nitro benzene ring substituents is 1. The van der Waals surface area contributed by atoms with Crippen LogP contribution in [0.1, 0.15) is 40.1 Å². The maximum atomic E-state index is 12.9. The molecule has 0 bridgehead atoms. The van der Waals surface area contributed by atoms with Crippen LogP contribution in [0, 0.1) is 10.1 Å². The molecular weight excluding hydrogens is 446 g/mol. The average Bonchev–Trinajstić information content (AvgIpc) is 2.78. The molecule has 170 valence electrons. The first-order chi connectivity index (χ1) is 15.8. The SMILES string of the molecule is CC(C)Oc1ccccc1CNC(=O)c1ccccc1NC(=O)c1ccc([N+](=O)[O-])cc1Cl. The number of carbonyl (C=O) groups excluding carboxylic acids is 2. The number of non-ortho nitro benzene ring substituents is 1. The molecule has 0 aliphatic rings. The lowest BCUT2D eigenvalue weighted by atomic mass is 10.1. The predicted octanol–water partition coefficient (Wildman–Crippen LogP) is 5.22. The summed E-state index contributed by atoms with van der Waals surface area (Å²) >= 11 is 6.05. The molecule has 0 spiro atoms. The van der Waals surface area contributed by atoms with Gasteiger partial charge in [-0.2, -0.15) is 0 Å². The number of anilines is 1. The molecular formula is C24H22ClN3O5. The number of nitro groups is 1. The lowest BCUT2D eigenvalue weighted by molar-refractivity contribution is -0.384. The minimum Gasteiger partial charge on any atom is -0.491 e. The van der Waals surface area contributed by atoms with E-state index in [9.17, 15) is 19.7 Å². The molecule has 0 saturated carbocycles. The molecule has 0 fully saturated rings. The van der Waals surface area contributed by atoms with Gasteiger partial charge in [-0.1, -0.05) is 41.9 Å². The standard InChI is InChI=1S/C24H22ClN3O5/c1-15(2)33-22-10-6-3-7-16(22)14-26-23(29)19-8-4-5-9-21(19)27-24(30)18-12-11-17(28(31)32)13-20(18)25/h3-13,15H,14H2,1-2H3,(H,26,29)(H,27,30). The Kier molecular flexibility index (Phi) is 7.63. The second-order valence-electron chi connectivity index (χ2n) is 7.38. The van der Waals surface area contributed by atoms with E-state index < -0.39 is 10.8 Å². The number of hydrogen-bond acceptors (Lipinski definition) is 5. The summed E-state index contributed by atoms with van der Waals surface area (Å²) in [5.74, 6) is -0.298. The second kappa shape index (κ2) is 10.6. The molecule has 9 heteroatoms. The highest BCUT2D eigenvalue weighted by Gasteiger charge is 2.18. The van der Waals surface area contributed by atoms with E-state index >= 15 is 0 Å². The fourth-order valence-corrected chi connectivity index (χ4v) is 3.33. The largest absolute Gasteiger partial charge is 0.491 e. The fourth-order valence-electron chi connectivity index (χ4n) is 3.07. The van der Waals surface area contributed by atoms with E-state index in [0.29, 0.717) is 5.75 Å². The van der Waals surface area contributed by atoms with Crippen LogP contribution in [0.2, 0.25) is 5.02 Å². The van der Waals surface area contributed by atoms with Crippen molar-refractivity contribution in [3.05, 3.63) is 98.6 Å². The van der Waals surface area contributed by atoms with Gasteiger partial charge in [0.05, 0.1) is 32.9 Å². The van der Waals surface area contributed by atoms with Crippen molar-refractivity contribution in [3.63, 3.8) is 0 Å². The van der Waals surface area contributed by atoms with Gasteiger partial charge in [-0.05, 0) is 38.1 Å². The van der Waals surface area contributed by atoms with E-state index in [1.807, 2.05) is 38.1 Å². The molecule has 0 radical (unpaired) electrons. The van der Waals surface area contributed by atoms with E-state index in [-0.39, 0.29) is 46.1 Å². The normalized spacial score (nSPS) is 10.5. The van der Waals surface area contributed by atoms with Gasteiger partial charge in [0.25, 0.3) is 17.5 Å². The van der Waals surface area contributed by atoms with Gasteiger partial charge in [-0.3, -0.25) is 19.7 Å². The molecule has 3 aromatic rings. The first kappa shape index (κ1) is 23.7. The van der Waals surface area contributed by atoms with Crippen LogP contribution < -0.4 is 15.4 Å². The topological polar surface area (TPSA) is 111 Å². The van der Waals surface area contributed by atoms with Crippen molar-refractivity contribution >= 4 is 34.8 Å². The molecule has 0 atom stereocenters. The Morgan fingerprint density at radius 1 is 1.00 bits per heavy atom. The number of para-hydroxylation sites is 2. The van der Waals surface area contributed by atoms with Crippen LogP contribution in [0.5, 0.6) is 5.75 Å². The van der Waals surface area contributed by atoms with Gasteiger partial charge in [-0.25, -0.2) is 0 Å². The third kappa shape index (κ3) is 6.08. The maximum Gasteiger partial charge on any atom is 0.270 e. The highest BCUT2D eigenvalue weighted by Crippen LogP contribution is 2.25. The van der Waals surface area contributed by atoms with Gasteiger partial charge >= 0.3 is 0 Å². The highest BCUT2D eigenvalue weighted by molar-refractivity contribution is 6.34. The van der Waals surface area contributed by atoms with Gasteiger partial charge in [0.2, 0.25) is 0 Å². The van der Waals surface area contributed by atoms with E-state index in [1.54, 1.807) is 24.3 Å². The van der Waals surface area contributed by atoms with E-state index in [4.69, 9.17) is 16.3 Å². The Balaban J connectivity index is 1.75. The van der Waals surface area contributed by atoms with Crippen LogP contribution >= 0.6 is 11.6 Å². The molecule has 3 rings (SSSR count). The van der Waals surface area contributed by atoms with Gasteiger partial charge in [0.1, 0.15) is 5.75 Å². The Morgan fingerprint density at radius 2 is 1.70 bits per heavy atom. The molecule has 0 aliphatic carbocycles. The average molecular weight is 468 g/mol.